The van der Waals surface area contributed by atoms with Crippen molar-refractivity contribution in [1.82, 2.24) is 10.3 Å². The molecule has 1 N–H and O–H groups in total. The summed E-state index contributed by atoms with van der Waals surface area (Å²) in [5, 5.41) is 3.20. The van der Waals surface area contributed by atoms with Gasteiger partial charge in [0.15, 0.2) is 0 Å². The fourth-order valence-electron chi connectivity index (χ4n) is 3.14. The molecule has 112 valence electrons. The van der Waals surface area contributed by atoms with Crippen molar-refractivity contribution in [1.29, 1.82) is 0 Å². The van der Waals surface area contributed by atoms with Gasteiger partial charge in [0.1, 0.15) is 5.82 Å². The average molecular weight is 277 g/mol. The molecule has 0 unspecified atom stereocenters. The molecule has 0 atom stereocenters. The fraction of sp³-hybridized carbons (Fsp3) is 0.688. The number of morpholine rings is 1. The second kappa shape index (κ2) is 5.34. The van der Waals surface area contributed by atoms with E-state index in [0.29, 0.717) is 0 Å². The molecule has 4 nitrogen and oxygen atoms in total. The summed E-state index contributed by atoms with van der Waals surface area (Å²) in [6.07, 6.45) is 0. The van der Waals surface area contributed by atoms with Gasteiger partial charge >= 0.3 is 0 Å². The van der Waals surface area contributed by atoms with Crippen LogP contribution in [0.2, 0.25) is 0 Å². The zero-order chi connectivity index (χ0) is 15.0. The Bertz CT molecular complexity index is 467. The Morgan fingerprint density at radius 1 is 1.20 bits per heavy atom. The molecule has 1 saturated heterocycles. The number of nitrogens with one attached hydrogen (secondary N) is 1. The summed E-state index contributed by atoms with van der Waals surface area (Å²) in [6, 6.07) is 4.32. The van der Waals surface area contributed by atoms with Gasteiger partial charge in [0.05, 0.1) is 11.2 Å². The van der Waals surface area contributed by atoms with Gasteiger partial charge in [-0.2, -0.15) is 0 Å². The third-order valence-electron chi connectivity index (χ3n) is 3.40. The Kier molecular flexibility index (Phi) is 4.07. The lowest BCUT2D eigenvalue weighted by atomic mass is 9.99. The van der Waals surface area contributed by atoms with E-state index in [1.165, 1.54) is 5.56 Å². The van der Waals surface area contributed by atoms with E-state index in [9.17, 15) is 0 Å². The van der Waals surface area contributed by atoms with Crippen LogP contribution in [0.25, 0.3) is 0 Å². The Labute approximate surface area is 122 Å². The summed E-state index contributed by atoms with van der Waals surface area (Å²) in [4.78, 5) is 7.06. The van der Waals surface area contributed by atoms with E-state index >= 15 is 0 Å². The first-order valence-corrected chi connectivity index (χ1v) is 7.28. The molecule has 0 amide bonds. The Balaban J connectivity index is 2.30. The fourth-order valence-corrected chi connectivity index (χ4v) is 3.14. The molecule has 1 aliphatic heterocycles. The highest BCUT2D eigenvalue weighted by Gasteiger charge is 2.38. The molecule has 0 saturated carbocycles. The summed E-state index contributed by atoms with van der Waals surface area (Å²) in [7, 11) is 1.97. The summed E-state index contributed by atoms with van der Waals surface area (Å²) >= 11 is 0. The van der Waals surface area contributed by atoms with Crippen molar-refractivity contribution in [2.45, 2.75) is 52.4 Å². The maximum Gasteiger partial charge on any atom is 0.129 e. The third kappa shape index (κ3) is 3.70. The molecule has 1 aromatic heterocycles. The molecule has 4 heteroatoms. The predicted octanol–water partition coefficient (Wildman–Crippen LogP) is 2.50. The standard InChI is InChI=1S/C16H27N3O/c1-12-7-13(9-17-6)8-14(18-12)19-10-15(2,3)20-16(4,5)11-19/h7-8,17H,9-11H2,1-6H3. The first-order chi connectivity index (χ1) is 9.21. The molecule has 1 fully saturated rings. The van der Waals surface area contributed by atoms with Crippen LogP contribution in [-0.2, 0) is 11.3 Å². The van der Waals surface area contributed by atoms with Crippen LogP contribution < -0.4 is 10.2 Å². The molecule has 1 aromatic rings. The number of aryl methyl sites for hydroxylation is 1. The minimum atomic E-state index is -0.156. The smallest absolute Gasteiger partial charge is 0.129 e. The number of hydrogen-bond acceptors (Lipinski definition) is 4. The number of anilines is 1. The van der Waals surface area contributed by atoms with Crippen molar-refractivity contribution in [3.05, 3.63) is 23.4 Å². The molecule has 0 aromatic carbocycles. The largest absolute Gasteiger partial charge is 0.366 e. The van der Waals surface area contributed by atoms with Gasteiger partial charge in [0, 0.05) is 25.3 Å². The molecule has 20 heavy (non-hydrogen) atoms. The maximum atomic E-state index is 6.14. The van der Waals surface area contributed by atoms with Gasteiger partial charge in [0.2, 0.25) is 0 Å². The second-order valence-electron chi connectivity index (χ2n) is 6.98. The molecule has 0 radical (unpaired) electrons. The summed E-state index contributed by atoms with van der Waals surface area (Å²) < 4.78 is 6.14. The van der Waals surface area contributed by atoms with Crippen LogP contribution in [0.3, 0.4) is 0 Å². The topological polar surface area (TPSA) is 37.4 Å². The molecule has 0 spiro atoms. The zero-order valence-corrected chi connectivity index (χ0v) is 13.6. The molecular formula is C16H27N3O. The SMILES string of the molecule is CNCc1cc(C)nc(N2CC(C)(C)OC(C)(C)C2)c1. The van der Waals surface area contributed by atoms with Gasteiger partial charge in [-0.3, -0.25) is 0 Å². The normalized spacial score (nSPS) is 21.0. The van der Waals surface area contributed by atoms with Crippen molar-refractivity contribution in [3.8, 4) is 0 Å². The number of ether oxygens (including phenoxy) is 1. The summed E-state index contributed by atoms with van der Waals surface area (Å²) in [5.41, 5.74) is 2.03. The summed E-state index contributed by atoms with van der Waals surface area (Å²) in [6.45, 7) is 13.2. The molecule has 1 aliphatic rings. The van der Waals surface area contributed by atoms with Gasteiger partial charge in [-0.05, 0) is 59.4 Å². The Morgan fingerprint density at radius 2 is 1.80 bits per heavy atom. The van der Waals surface area contributed by atoms with Crippen LogP contribution in [0.15, 0.2) is 12.1 Å². The van der Waals surface area contributed by atoms with Gasteiger partial charge in [-0.25, -0.2) is 4.98 Å². The highest BCUT2D eigenvalue weighted by atomic mass is 16.5. The first-order valence-electron chi connectivity index (χ1n) is 7.28. The van der Waals surface area contributed by atoms with Crippen molar-refractivity contribution < 1.29 is 4.74 Å². The van der Waals surface area contributed by atoms with E-state index in [2.05, 4.69) is 57.0 Å². The number of pyridine rings is 1. The van der Waals surface area contributed by atoms with Crippen LogP contribution in [0.4, 0.5) is 5.82 Å². The lowest BCUT2D eigenvalue weighted by Crippen LogP contribution is -2.57. The Hall–Kier alpha value is -1.13. The lowest BCUT2D eigenvalue weighted by Gasteiger charge is -2.47. The van der Waals surface area contributed by atoms with E-state index in [4.69, 9.17) is 9.72 Å². The van der Waals surface area contributed by atoms with Gasteiger partial charge in [0.25, 0.3) is 0 Å². The van der Waals surface area contributed by atoms with E-state index in [0.717, 1.165) is 31.1 Å². The lowest BCUT2D eigenvalue weighted by molar-refractivity contribution is -0.133. The monoisotopic (exact) mass is 277 g/mol. The van der Waals surface area contributed by atoms with Crippen LogP contribution in [0.5, 0.6) is 0 Å². The van der Waals surface area contributed by atoms with E-state index in [1.54, 1.807) is 0 Å². The minimum absolute atomic E-state index is 0.156. The summed E-state index contributed by atoms with van der Waals surface area (Å²) in [5.74, 6) is 1.06. The van der Waals surface area contributed by atoms with Crippen LogP contribution in [0, 0.1) is 6.92 Å². The van der Waals surface area contributed by atoms with Crippen molar-refractivity contribution in [3.63, 3.8) is 0 Å². The number of aromatic nitrogens is 1. The second-order valence-corrected chi connectivity index (χ2v) is 6.98. The average Bonchev–Trinajstić information content (AvgIpc) is 2.24. The molecule has 0 bridgehead atoms. The predicted molar refractivity (Wildman–Crippen MR) is 83.2 cm³/mol. The zero-order valence-electron chi connectivity index (χ0n) is 13.6. The minimum Gasteiger partial charge on any atom is -0.366 e. The first kappa shape index (κ1) is 15.3. The number of hydrogen-bond donors (Lipinski definition) is 1. The number of rotatable bonds is 3. The van der Waals surface area contributed by atoms with E-state index < -0.39 is 0 Å². The third-order valence-corrected chi connectivity index (χ3v) is 3.40. The maximum absolute atomic E-state index is 6.14. The van der Waals surface area contributed by atoms with Gasteiger partial charge in [-0.15, -0.1) is 0 Å². The quantitative estimate of drug-likeness (QED) is 0.921. The molecule has 2 rings (SSSR count). The van der Waals surface area contributed by atoms with Crippen LogP contribution in [-0.4, -0.2) is 36.3 Å². The molecular weight excluding hydrogens is 250 g/mol. The highest BCUT2D eigenvalue weighted by molar-refractivity contribution is 5.44. The van der Waals surface area contributed by atoms with Crippen LogP contribution in [0.1, 0.15) is 39.0 Å². The number of nitrogens with zero attached hydrogens (tertiary/aromatic N) is 2. The van der Waals surface area contributed by atoms with Crippen molar-refractivity contribution in [2.24, 2.45) is 0 Å². The van der Waals surface area contributed by atoms with Crippen molar-refractivity contribution in [2.75, 3.05) is 25.0 Å². The van der Waals surface area contributed by atoms with Gasteiger partial charge in [-0.1, -0.05) is 0 Å². The molecule has 2 heterocycles. The highest BCUT2D eigenvalue weighted by Crippen LogP contribution is 2.31. The van der Waals surface area contributed by atoms with E-state index in [-0.39, 0.29) is 11.2 Å². The van der Waals surface area contributed by atoms with Crippen molar-refractivity contribution >= 4 is 5.82 Å². The molecule has 0 aliphatic carbocycles. The Morgan fingerprint density at radius 3 is 2.35 bits per heavy atom. The van der Waals surface area contributed by atoms with E-state index in [1.807, 2.05) is 7.05 Å². The van der Waals surface area contributed by atoms with Gasteiger partial charge < -0.3 is 15.0 Å². The van der Waals surface area contributed by atoms with Crippen LogP contribution >= 0.6 is 0 Å².